The SMILES string of the molecule is NC(=O)[C@H]1CCCN(C(=O)C[S@](=O)c2ccc3ccccc3c2)C1. The van der Waals surface area contributed by atoms with E-state index in [0.717, 1.165) is 17.2 Å². The van der Waals surface area contributed by atoms with Crippen LogP contribution in [0.25, 0.3) is 10.8 Å². The lowest BCUT2D eigenvalue weighted by Gasteiger charge is -2.31. The highest BCUT2D eigenvalue weighted by Crippen LogP contribution is 2.20. The van der Waals surface area contributed by atoms with Crippen LogP contribution in [0.1, 0.15) is 12.8 Å². The number of benzene rings is 2. The van der Waals surface area contributed by atoms with E-state index in [9.17, 15) is 13.8 Å². The predicted molar refractivity (Wildman–Crippen MR) is 93.7 cm³/mol. The summed E-state index contributed by atoms with van der Waals surface area (Å²) in [7, 11) is -1.40. The number of piperidine rings is 1. The molecule has 126 valence electrons. The number of nitrogens with two attached hydrogens (primary N) is 1. The minimum absolute atomic E-state index is 0.0657. The molecule has 0 aromatic heterocycles. The number of fused-ring (bicyclic) bond motifs is 1. The van der Waals surface area contributed by atoms with Crippen LogP contribution in [-0.4, -0.2) is 39.8 Å². The zero-order valence-corrected chi connectivity index (χ0v) is 14.1. The first-order chi connectivity index (χ1) is 11.5. The van der Waals surface area contributed by atoms with Gasteiger partial charge in [0, 0.05) is 18.0 Å². The number of rotatable bonds is 4. The van der Waals surface area contributed by atoms with Gasteiger partial charge in [-0.25, -0.2) is 0 Å². The lowest BCUT2D eigenvalue weighted by molar-refractivity contribution is -0.132. The molecule has 0 spiro atoms. The summed E-state index contributed by atoms with van der Waals surface area (Å²) in [6.07, 6.45) is 1.47. The molecule has 1 saturated heterocycles. The molecule has 1 fully saturated rings. The van der Waals surface area contributed by atoms with Crippen molar-refractivity contribution in [3.05, 3.63) is 42.5 Å². The number of nitrogens with zero attached hydrogens (tertiary/aromatic N) is 1. The van der Waals surface area contributed by atoms with Crippen molar-refractivity contribution in [1.82, 2.24) is 4.90 Å². The fraction of sp³-hybridized carbons (Fsp3) is 0.333. The summed E-state index contributed by atoms with van der Waals surface area (Å²) in [5.41, 5.74) is 5.34. The Morgan fingerprint density at radius 3 is 2.67 bits per heavy atom. The van der Waals surface area contributed by atoms with Crippen molar-refractivity contribution in [1.29, 1.82) is 0 Å². The summed E-state index contributed by atoms with van der Waals surface area (Å²) < 4.78 is 12.5. The standard InChI is InChI=1S/C18H20N2O3S/c19-18(22)15-6-3-9-20(11-15)17(21)12-24(23)16-8-7-13-4-1-2-5-14(13)10-16/h1-2,4-5,7-8,10,15H,3,6,9,11-12H2,(H2,19,22)/t15-,24-/m0/s1. The highest BCUT2D eigenvalue weighted by molar-refractivity contribution is 7.85. The zero-order chi connectivity index (χ0) is 17.1. The van der Waals surface area contributed by atoms with Crippen molar-refractivity contribution < 1.29 is 13.8 Å². The highest BCUT2D eigenvalue weighted by atomic mass is 32.2. The smallest absolute Gasteiger partial charge is 0.235 e. The lowest BCUT2D eigenvalue weighted by atomic mass is 9.97. The van der Waals surface area contributed by atoms with Crippen LogP contribution in [0.5, 0.6) is 0 Å². The summed E-state index contributed by atoms with van der Waals surface area (Å²) in [6, 6.07) is 13.4. The van der Waals surface area contributed by atoms with Crippen LogP contribution >= 0.6 is 0 Å². The molecule has 5 nitrogen and oxygen atoms in total. The summed E-state index contributed by atoms with van der Waals surface area (Å²) in [5, 5.41) is 2.08. The van der Waals surface area contributed by atoms with E-state index >= 15 is 0 Å². The Morgan fingerprint density at radius 2 is 1.92 bits per heavy atom. The number of primary amides is 1. The Balaban J connectivity index is 1.68. The largest absolute Gasteiger partial charge is 0.369 e. The van der Waals surface area contributed by atoms with Gasteiger partial charge in [-0.1, -0.05) is 30.3 Å². The van der Waals surface area contributed by atoms with E-state index in [-0.39, 0.29) is 23.5 Å². The fourth-order valence-corrected chi connectivity index (χ4v) is 4.08. The van der Waals surface area contributed by atoms with Gasteiger partial charge in [-0.05, 0) is 35.7 Å². The minimum atomic E-state index is -1.40. The topological polar surface area (TPSA) is 80.5 Å². The van der Waals surface area contributed by atoms with Gasteiger partial charge < -0.3 is 10.6 Å². The molecule has 2 aromatic carbocycles. The maximum Gasteiger partial charge on any atom is 0.235 e. The number of amides is 2. The van der Waals surface area contributed by atoms with E-state index in [4.69, 9.17) is 5.73 Å². The van der Waals surface area contributed by atoms with E-state index < -0.39 is 10.8 Å². The highest BCUT2D eigenvalue weighted by Gasteiger charge is 2.27. The van der Waals surface area contributed by atoms with Crippen molar-refractivity contribution in [3.8, 4) is 0 Å². The Hall–Kier alpha value is -2.21. The van der Waals surface area contributed by atoms with Crippen molar-refractivity contribution in [2.45, 2.75) is 17.7 Å². The molecule has 0 radical (unpaired) electrons. The van der Waals surface area contributed by atoms with Gasteiger partial charge in [-0.15, -0.1) is 0 Å². The molecule has 2 N–H and O–H groups in total. The van der Waals surface area contributed by atoms with Crippen molar-refractivity contribution in [2.75, 3.05) is 18.8 Å². The van der Waals surface area contributed by atoms with Gasteiger partial charge in [0.25, 0.3) is 0 Å². The van der Waals surface area contributed by atoms with Crippen molar-refractivity contribution in [3.63, 3.8) is 0 Å². The van der Waals surface area contributed by atoms with E-state index in [1.165, 1.54) is 0 Å². The predicted octanol–water partition coefficient (Wildman–Crippen LogP) is 1.67. The molecule has 3 rings (SSSR count). The Morgan fingerprint density at radius 1 is 1.17 bits per heavy atom. The van der Waals surface area contributed by atoms with Gasteiger partial charge in [0.1, 0.15) is 5.75 Å². The molecule has 0 aliphatic carbocycles. The van der Waals surface area contributed by atoms with Crippen LogP contribution in [0, 0.1) is 5.92 Å². The second-order valence-electron chi connectivity index (χ2n) is 6.08. The molecule has 1 heterocycles. The monoisotopic (exact) mass is 344 g/mol. The van der Waals surface area contributed by atoms with Crippen LogP contribution in [0.15, 0.2) is 47.4 Å². The molecule has 2 aromatic rings. The summed E-state index contributed by atoms with van der Waals surface area (Å²) >= 11 is 0. The molecule has 0 unspecified atom stereocenters. The maximum absolute atomic E-state index is 12.5. The van der Waals surface area contributed by atoms with Gasteiger partial charge in [0.05, 0.1) is 16.7 Å². The van der Waals surface area contributed by atoms with Gasteiger partial charge in [-0.3, -0.25) is 13.8 Å². The minimum Gasteiger partial charge on any atom is -0.369 e. The van der Waals surface area contributed by atoms with E-state index in [1.54, 1.807) is 11.0 Å². The third-order valence-electron chi connectivity index (χ3n) is 4.41. The molecule has 0 bridgehead atoms. The first kappa shape index (κ1) is 16.6. The first-order valence-electron chi connectivity index (χ1n) is 7.99. The third-order valence-corrected chi connectivity index (χ3v) is 5.70. The van der Waals surface area contributed by atoms with E-state index in [0.29, 0.717) is 24.4 Å². The number of hydrogen-bond donors (Lipinski definition) is 1. The van der Waals surface area contributed by atoms with Gasteiger partial charge in [-0.2, -0.15) is 0 Å². The molecule has 24 heavy (non-hydrogen) atoms. The van der Waals surface area contributed by atoms with Crippen molar-refractivity contribution in [2.24, 2.45) is 11.7 Å². The van der Waals surface area contributed by atoms with Crippen LogP contribution in [0.3, 0.4) is 0 Å². The normalized spacial score (nSPS) is 19.2. The Kier molecular flexibility index (Phi) is 4.94. The average Bonchev–Trinajstić information content (AvgIpc) is 2.61. The van der Waals surface area contributed by atoms with Gasteiger partial charge in [0.2, 0.25) is 11.8 Å². The van der Waals surface area contributed by atoms with Crippen LogP contribution in [-0.2, 0) is 20.4 Å². The van der Waals surface area contributed by atoms with Gasteiger partial charge in [0.15, 0.2) is 0 Å². The number of hydrogen-bond acceptors (Lipinski definition) is 3. The molecular formula is C18H20N2O3S. The molecular weight excluding hydrogens is 324 g/mol. The Bertz CT molecular complexity index is 806. The van der Waals surface area contributed by atoms with Crippen molar-refractivity contribution >= 4 is 33.4 Å². The quantitative estimate of drug-likeness (QED) is 0.916. The summed E-state index contributed by atoms with van der Waals surface area (Å²) in [5.74, 6) is -0.920. The first-order valence-corrected chi connectivity index (χ1v) is 9.31. The van der Waals surface area contributed by atoms with Crippen LogP contribution in [0.4, 0.5) is 0 Å². The number of likely N-dealkylation sites (tertiary alicyclic amines) is 1. The second kappa shape index (κ2) is 7.13. The zero-order valence-electron chi connectivity index (χ0n) is 13.3. The summed E-state index contributed by atoms with van der Waals surface area (Å²) in [4.78, 5) is 26.0. The maximum atomic E-state index is 12.5. The average molecular weight is 344 g/mol. The van der Waals surface area contributed by atoms with E-state index in [2.05, 4.69) is 0 Å². The number of carbonyl (C=O) groups is 2. The second-order valence-corrected chi connectivity index (χ2v) is 7.53. The summed E-state index contributed by atoms with van der Waals surface area (Å²) in [6.45, 7) is 0.931. The molecule has 1 aliphatic heterocycles. The molecule has 1 aliphatic rings. The molecule has 2 amide bonds. The Labute approximate surface area is 143 Å². The van der Waals surface area contributed by atoms with Crippen LogP contribution < -0.4 is 5.73 Å². The molecule has 6 heteroatoms. The fourth-order valence-electron chi connectivity index (χ4n) is 3.03. The number of carbonyl (C=O) groups excluding carboxylic acids is 2. The van der Waals surface area contributed by atoms with Crippen LogP contribution in [0.2, 0.25) is 0 Å². The van der Waals surface area contributed by atoms with Gasteiger partial charge >= 0.3 is 0 Å². The lowest BCUT2D eigenvalue weighted by Crippen LogP contribution is -2.45. The van der Waals surface area contributed by atoms with E-state index in [1.807, 2.05) is 36.4 Å². The molecule has 2 atom stereocenters. The third kappa shape index (κ3) is 3.64. The molecule has 0 saturated carbocycles.